The van der Waals surface area contributed by atoms with Crippen LogP contribution in [-0.4, -0.2) is 54.6 Å². The van der Waals surface area contributed by atoms with E-state index in [0.717, 1.165) is 10.6 Å². The van der Waals surface area contributed by atoms with E-state index in [4.69, 9.17) is 5.11 Å². The summed E-state index contributed by atoms with van der Waals surface area (Å²) in [6.07, 6.45) is 1.99. The van der Waals surface area contributed by atoms with Crippen molar-refractivity contribution in [1.82, 2.24) is 9.62 Å². The fourth-order valence-corrected chi connectivity index (χ4v) is 3.18. The van der Waals surface area contributed by atoms with E-state index in [2.05, 4.69) is 5.32 Å². The van der Waals surface area contributed by atoms with Crippen LogP contribution in [0.2, 0.25) is 0 Å². The van der Waals surface area contributed by atoms with Crippen molar-refractivity contribution in [2.24, 2.45) is 0 Å². The van der Waals surface area contributed by atoms with Crippen molar-refractivity contribution in [1.29, 1.82) is 0 Å². The van der Waals surface area contributed by atoms with Crippen LogP contribution in [0.25, 0.3) is 0 Å². The molecule has 18 heavy (non-hydrogen) atoms. The first-order valence-corrected chi connectivity index (χ1v) is 7.55. The predicted octanol–water partition coefficient (Wildman–Crippen LogP) is -0.610. The summed E-state index contributed by atoms with van der Waals surface area (Å²) in [6.45, 7) is 1.91. The van der Waals surface area contributed by atoms with Crippen molar-refractivity contribution in [2.45, 2.75) is 38.3 Å². The molecule has 2 N–H and O–H groups in total. The Labute approximate surface area is 106 Å². The number of rotatable bonds is 5. The lowest BCUT2D eigenvalue weighted by Gasteiger charge is -2.23. The summed E-state index contributed by atoms with van der Waals surface area (Å²) >= 11 is 0. The van der Waals surface area contributed by atoms with Crippen molar-refractivity contribution in [3.05, 3.63) is 0 Å². The molecule has 0 aromatic carbocycles. The molecule has 1 amide bonds. The zero-order valence-electron chi connectivity index (χ0n) is 10.4. The van der Waals surface area contributed by atoms with Gasteiger partial charge in [0.15, 0.2) is 0 Å². The number of carbonyl (C=O) groups is 2. The molecule has 7 nitrogen and oxygen atoms in total. The van der Waals surface area contributed by atoms with Crippen molar-refractivity contribution in [2.75, 3.05) is 12.8 Å². The minimum Gasteiger partial charge on any atom is -0.481 e. The second kappa shape index (κ2) is 5.66. The van der Waals surface area contributed by atoms with Gasteiger partial charge in [-0.3, -0.25) is 9.59 Å². The average Bonchev–Trinajstić information content (AvgIpc) is 2.62. The molecule has 1 rings (SSSR count). The predicted molar refractivity (Wildman–Crippen MR) is 64.4 cm³/mol. The average molecular weight is 278 g/mol. The molecule has 0 aromatic rings. The Bertz CT molecular complexity index is 434. The number of carbonyl (C=O) groups excluding carboxylic acids is 1. The molecule has 2 atom stereocenters. The Hall–Kier alpha value is -1.15. The molecule has 0 saturated carbocycles. The van der Waals surface area contributed by atoms with E-state index < -0.39 is 34.0 Å². The van der Waals surface area contributed by atoms with Gasteiger partial charge in [-0.05, 0) is 19.8 Å². The fourth-order valence-electron chi connectivity index (χ4n) is 2.05. The summed E-state index contributed by atoms with van der Waals surface area (Å²) in [5.74, 6) is -1.43. The highest BCUT2D eigenvalue weighted by molar-refractivity contribution is 7.88. The molecule has 1 fully saturated rings. The Morgan fingerprint density at radius 2 is 2.11 bits per heavy atom. The van der Waals surface area contributed by atoms with Gasteiger partial charge in [-0.2, -0.15) is 4.31 Å². The number of hydrogen-bond acceptors (Lipinski definition) is 4. The summed E-state index contributed by atoms with van der Waals surface area (Å²) in [5, 5.41) is 11.1. The van der Waals surface area contributed by atoms with Gasteiger partial charge < -0.3 is 10.4 Å². The third-order valence-electron chi connectivity index (χ3n) is 2.80. The summed E-state index contributed by atoms with van der Waals surface area (Å²) in [5.41, 5.74) is 0. The van der Waals surface area contributed by atoms with Gasteiger partial charge in [0.1, 0.15) is 6.04 Å². The molecule has 0 aromatic heterocycles. The van der Waals surface area contributed by atoms with Crippen LogP contribution in [0.4, 0.5) is 0 Å². The van der Waals surface area contributed by atoms with Gasteiger partial charge in [-0.15, -0.1) is 0 Å². The Kier molecular flexibility index (Phi) is 4.69. The number of hydrogen-bond donors (Lipinski definition) is 2. The van der Waals surface area contributed by atoms with Crippen LogP contribution in [0.1, 0.15) is 26.2 Å². The van der Waals surface area contributed by atoms with Crippen LogP contribution >= 0.6 is 0 Å². The number of nitrogens with one attached hydrogen (secondary N) is 1. The van der Waals surface area contributed by atoms with Crippen LogP contribution < -0.4 is 5.32 Å². The zero-order valence-corrected chi connectivity index (χ0v) is 11.2. The molecule has 2 unspecified atom stereocenters. The highest BCUT2D eigenvalue weighted by atomic mass is 32.2. The lowest BCUT2D eigenvalue weighted by atomic mass is 10.2. The normalized spacial score (nSPS) is 22.7. The fraction of sp³-hybridized carbons (Fsp3) is 0.800. The van der Waals surface area contributed by atoms with Crippen molar-refractivity contribution >= 4 is 21.9 Å². The summed E-state index contributed by atoms with van der Waals surface area (Å²) in [6, 6.07) is -1.23. The molecule has 0 spiro atoms. The maximum Gasteiger partial charge on any atom is 0.305 e. The second-order valence-electron chi connectivity index (χ2n) is 4.54. The van der Waals surface area contributed by atoms with Crippen LogP contribution in [0, 0.1) is 0 Å². The molecule has 0 radical (unpaired) electrons. The van der Waals surface area contributed by atoms with Gasteiger partial charge in [0, 0.05) is 12.6 Å². The Balaban J connectivity index is 2.64. The van der Waals surface area contributed by atoms with Crippen LogP contribution in [0.3, 0.4) is 0 Å². The van der Waals surface area contributed by atoms with E-state index in [1.807, 2.05) is 0 Å². The molecular formula is C10H18N2O5S. The van der Waals surface area contributed by atoms with E-state index in [-0.39, 0.29) is 6.42 Å². The van der Waals surface area contributed by atoms with Gasteiger partial charge >= 0.3 is 5.97 Å². The standard InChI is InChI=1S/C10H18N2O5S/c1-7(6-9(13)14)11-10(15)8-4-3-5-12(8)18(2,16)17/h7-8H,3-6H2,1-2H3,(H,11,15)(H,13,14). The number of nitrogens with zero attached hydrogens (tertiary/aromatic N) is 1. The number of amides is 1. The number of sulfonamides is 1. The van der Waals surface area contributed by atoms with Crippen LogP contribution in [0.15, 0.2) is 0 Å². The Morgan fingerprint density at radius 1 is 1.50 bits per heavy atom. The monoisotopic (exact) mass is 278 g/mol. The van der Waals surface area contributed by atoms with E-state index in [1.54, 1.807) is 6.92 Å². The molecule has 8 heteroatoms. The summed E-state index contributed by atoms with van der Waals surface area (Å²) in [4.78, 5) is 22.4. The van der Waals surface area contributed by atoms with Gasteiger partial charge in [0.05, 0.1) is 12.7 Å². The Morgan fingerprint density at radius 3 is 2.61 bits per heavy atom. The third kappa shape index (κ3) is 3.95. The highest BCUT2D eigenvalue weighted by Crippen LogP contribution is 2.20. The maximum absolute atomic E-state index is 11.9. The lowest BCUT2D eigenvalue weighted by Crippen LogP contribution is -2.48. The van der Waals surface area contributed by atoms with Crippen LogP contribution in [0.5, 0.6) is 0 Å². The molecule has 0 aliphatic carbocycles. The van der Waals surface area contributed by atoms with E-state index in [0.29, 0.717) is 19.4 Å². The quantitative estimate of drug-likeness (QED) is 0.698. The topological polar surface area (TPSA) is 104 Å². The van der Waals surface area contributed by atoms with Crippen molar-refractivity contribution in [3.63, 3.8) is 0 Å². The molecular weight excluding hydrogens is 260 g/mol. The summed E-state index contributed by atoms with van der Waals surface area (Å²) < 4.78 is 24.1. The van der Waals surface area contributed by atoms with Crippen molar-refractivity contribution in [3.8, 4) is 0 Å². The third-order valence-corrected chi connectivity index (χ3v) is 4.09. The van der Waals surface area contributed by atoms with Gasteiger partial charge in [0.25, 0.3) is 0 Å². The highest BCUT2D eigenvalue weighted by Gasteiger charge is 2.36. The van der Waals surface area contributed by atoms with Gasteiger partial charge in [-0.25, -0.2) is 8.42 Å². The van der Waals surface area contributed by atoms with Gasteiger partial charge in [-0.1, -0.05) is 0 Å². The van der Waals surface area contributed by atoms with E-state index >= 15 is 0 Å². The molecule has 1 heterocycles. The second-order valence-corrected chi connectivity index (χ2v) is 6.47. The summed E-state index contributed by atoms with van der Waals surface area (Å²) in [7, 11) is -3.40. The smallest absolute Gasteiger partial charge is 0.305 e. The largest absolute Gasteiger partial charge is 0.481 e. The van der Waals surface area contributed by atoms with E-state index in [1.165, 1.54) is 0 Å². The molecule has 0 bridgehead atoms. The van der Waals surface area contributed by atoms with Crippen LogP contribution in [-0.2, 0) is 19.6 Å². The SMILES string of the molecule is CC(CC(=O)O)NC(=O)C1CCCN1S(C)(=O)=O. The molecule has 1 aliphatic rings. The number of carboxylic acids is 1. The molecule has 1 saturated heterocycles. The molecule has 104 valence electrons. The number of carboxylic acid groups (broad SMARTS) is 1. The minimum absolute atomic E-state index is 0.183. The van der Waals surface area contributed by atoms with E-state index in [9.17, 15) is 18.0 Å². The number of aliphatic carboxylic acids is 1. The zero-order chi connectivity index (χ0) is 13.9. The minimum atomic E-state index is -3.40. The first-order valence-electron chi connectivity index (χ1n) is 5.71. The first kappa shape index (κ1) is 14.9. The van der Waals surface area contributed by atoms with Gasteiger partial charge in [0.2, 0.25) is 15.9 Å². The van der Waals surface area contributed by atoms with Crippen molar-refractivity contribution < 1.29 is 23.1 Å². The first-order chi connectivity index (χ1) is 8.21. The maximum atomic E-state index is 11.9. The molecule has 1 aliphatic heterocycles. The lowest BCUT2D eigenvalue weighted by molar-refractivity contribution is -0.137.